The molecule has 1 amide bonds. The molecule has 1 aliphatic heterocycles. The topological polar surface area (TPSA) is 60.9 Å². The summed E-state index contributed by atoms with van der Waals surface area (Å²) in [7, 11) is -4.03. The third-order valence-electron chi connectivity index (χ3n) is 5.76. The van der Waals surface area contributed by atoms with E-state index in [1.807, 2.05) is 18.2 Å². The molecule has 0 radical (unpaired) electrons. The van der Waals surface area contributed by atoms with E-state index in [0.29, 0.717) is 31.2 Å². The van der Waals surface area contributed by atoms with Crippen molar-refractivity contribution in [2.24, 2.45) is 0 Å². The summed E-state index contributed by atoms with van der Waals surface area (Å²) < 4.78 is 28.1. The summed E-state index contributed by atoms with van der Waals surface area (Å²) in [5.74, 6) is -0.273. The zero-order valence-electron chi connectivity index (χ0n) is 18.5. The van der Waals surface area contributed by atoms with Gasteiger partial charge in [0.1, 0.15) is 6.54 Å². The van der Waals surface area contributed by atoms with E-state index in [-0.39, 0.29) is 28.1 Å². The van der Waals surface area contributed by atoms with Crippen molar-refractivity contribution in [1.29, 1.82) is 0 Å². The van der Waals surface area contributed by atoms with Gasteiger partial charge in [-0.05, 0) is 35.9 Å². The van der Waals surface area contributed by atoms with Gasteiger partial charge in [0.25, 0.3) is 10.0 Å². The lowest BCUT2D eigenvalue weighted by Crippen LogP contribution is -2.51. The molecule has 1 fully saturated rings. The van der Waals surface area contributed by atoms with Gasteiger partial charge in [0, 0.05) is 37.7 Å². The fourth-order valence-corrected chi connectivity index (χ4v) is 5.94. The van der Waals surface area contributed by atoms with Gasteiger partial charge < -0.3 is 4.90 Å². The SMILES string of the molecule is O=C(CN(c1ccc(Cl)cc1Cl)S(=O)(=O)c1ccccc1)N1CCN(Cc2ccccc2)CC1. The van der Waals surface area contributed by atoms with Crippen LogP contribution in [0.1, 0.15) is 5.56 Å². The molecular formula is C25H25Cl2N3O3S. The van der Waals surface area contributed by atoms with Crippen LogP contribution in [0, 0.1) is 0 Å². The standard InChI is InChI=1S/C25H25Cl2N3O3S/c26-21-11-12-24(23(27)17-21)30(34(32,33)22-9-5-2-6-10-22)19-25(31)29-15-13-28(14-16-29)18-20-7-3-1-4-8-20/h1-12,17H,13-16,18-19H2. The molecule has 1 heterocycles. The molecule has 9 heteroatoms. The van der Waals surface area contributed by atoms with Gasteiger partial charge in [0.2, 0.25) is 5.91 Å². The van der Waals surface area contributed by atoms with Crippen molar-refractivity contribution < 1.29 is 13.2 Å². The van der Waals surface area contributed by atoms with E-state index in [0.717, 1.165) is 10.8 Å². The Morgan fingerprint density at radius 2 is 1.47 bits per heavy atom. The average molecular weight is 518 g/mol. The molecule has 0 aliphatic carbocycles. The zero-order chi connectivity index (χ0) is 24.1. The van der Waals surface area contributed by atoms with Crippen LogP contribution in [0.4, 0.5) is 5.69 Å². The molecule has 0 atom stereocenters. The summed E-state index contributed by atoms with van der Waals surface area (Å²) in [5.41, 5.74) is 1.44. The first-order chi connectivity index (χ1) is 16.3. The number of rotatable bonds is 7. The Morgan fingerprint density at radius 1 is 0.853 bits per heavy atom. The van der Waals surface area contributed by atoms with Crippen LogP contribution in [0.3, 0.4) is 0 Å². The largest absolute Gasteiger partial charge is 0.339 e. The molecule has 0 aromatic heterocycles. The van der Waals surface area contributed by atoms with E-state index in [1.165, 1.54) is 29.8 Å². The van der Waals surface area contributed by atoms with Crippen LogP contribution in [0.15, 0.2) is 83.8 Å². The van der Waals surface area contributed by atoms with E-state index in [2.05, 4.69) is 17.0 Å². The Morgan fingerprint density at radius 3 is 2.09 bits per heavy atom. The number of hydrogen-bond acceptors (Lipinski definition) is 4. The highest BCUT2D eigenvalue weighted by atomic mass is 35.5. The van der Waals surface area contributed by atoms with Crippen LogP contribution in [-0.4, -0.2) is 56.8 Å². The lowest BCUT2D eigenvalue weighted by atomic mass is 10.2. The number of amides is 1. The Hall–Kier alpha value is -2.58. The molecule has 1 aliphatic rings. The molecule has 0 N–H and O–H groups in total. The molecular weight excluding hydrogens is 493 g/mol. The van der Waals surface area contributed by atoms with Crippen molar-refractivity contribution in [3.8, 4) is 0 Å². The number of benzene rings is 3. The molecule has 34 heavy (non-hydrogen) atoms. The van der Waals surface area contributed by atoms with Crippen LogP contribution in [0.5, 0.6) is 0 Å². The van der Waals surface area contributed by atoms with Crippen molar-refractivity contribution >= 4 is 44.8 Å². The highest BCUT2D eigenvalue weighted by molar-refractivity contribution is 7.92. The predicted octanol–water partition coefficient (Wildman–Crippen LogP) is 4.53. The van der Waals surface area contributed by atoms with E-state index in [9.17, 15) is 13.2 Å². The molecule has 3 aromatic carbocycles. The minimum Gasteiger partial charge on any atom is -0.339 e. The van der Waals surface area contributed by atoms with Gasteiger partial charge in [-0.2, -0.15) is 0 Å². The second-order valence-electron chi connectivity index (χ2n) is 8.06. The molecule has 0 unspecified atom stereocenters. The highest BCUT2D eigenvalue weighted by Gasteiger charge is 2.31. The summed E-state index contributed by atoms with van der Waals surface area (Å²) in [5, 5.41) is 0.541. The van der Waals surface area contributed by atoms with Gasteiger partial charge in [-0.15, -0.1) is 0 Å². The quantitative estimate of drug-likeness (QED) is 0.461. The van der Waals surface area contributed by atoms with E-state index in [4.69, 9.17) is 23.2 Å². The van der Waals surface area contributed by atoms with Crippen LogP contribution in [-0.2, 0) is 21.4 Å². The van der Waals surface area contributed by atoms with Crippen molar-refractivity contribution in [2.45, 2.75) is 11.4 Å². The third kappa shape index (κ3) is 5.73. The summed E-state index contributed by atoms with van der Waals surface area (Å²) in [6.45, 7) is 2.95. The number of carbonyl (C=O) groups is 1. The second kappa shape index (κ2) is 10.8. The Kier molecular flexibility index (Phi) is 7.78. The lowest BCUT2D eigenvalue weighted by molar-refractivity contribution is -0.131. The minimum atomic E-state index is -4.03. The number of halogens is 2. The molecule has 3 aromatic rings. The highest BCUT2D eigenvalue weighted by Crippen LogP contribution is 2.32. The molecule has 0 spiro atoms. The van der Waals surface area contributed by atoms with Crippen molar-refractivity contribution in [2.75, 3.05) is 37.0 Å². The first-order valence-electron chi connectivity index (χ1n) is 10.9. The van der Waals surface area contributed by atoms with Crippen molar-refractivity contribution in [1.82, 2.24) is 9.80 Å². The van der Waals surface area contributed by atoms with Crippen LogP contribution in [0.2, 0.25) is 10.0 Å². The Balaban J connectivity index is 1.51. The maximum atomic E-state index is 13.5. The van der Waals surface area contributed by atoms with Gasteiger partial charge in [-0.25, -0.2) is 8.42 Å². The van der Waals surface area contributed by atoms with Crippen LogP contribution >= 0.6 is 23.2 Å². The van der Waals surface area contributed by atoms with Crippen LogP contribution < -0.4 is 4.31 Å². The van der Waals surface area contributed by atoms with Gasteiger partial charge in [0.05, 0.1) is 15.6 Å². The summed E-state index contributed by atoms with van der Waals surface area (Å²) in [6.07, 6.45) is 0. The lowest BCUT2D eigenvalue weighted by Gasteiger charge is -2.36. The fourth-order valence-electron chi connectivity index (χ4n) is 3.92. The summed E-state index contributed by atoms with van der Waals surface area (Å²) in [6, 6.07) is 22.7. The van der Waals surface area contributed by atoms with Gasteiger partial charge in [-0.3, -0.25) is 14.0 Å². The second-order valence-corrected chi connectivity index (χ2v) is 10.8. The maximum Gasteiger partial charge on any atom is 0.264 e. The summed E-state index contributed by atoms with van der Waals surface area (Å²) in [4.78, 5) is 17.3. The van der Waals surface area contributed by atoms with Gasteiger partial charge >= 0.3 is 0 Å². The normalized spacial score (nSPS) is 14.7. The molecule has 178 valence electrons. The first kappa shape index (κ1) is 24.5. The van der Waals surface area contributed by atoms with E-state index in [1.54, 1.807) is 29.2 Å². The first-order valence-corrected chi connectivity index (χ1v) is 13.1. The maximum absolute atomic E-state index is 13.5. The number of sulfonamides is 1. The van der Waals surface area contributed by atoms with Gasteiger partial charge in [0.15, 0.2) is 0 Å². The molecule has 0 bridgehead atoms. The summed E-state index contributed by atoms with van der Waals surface area (Å²) >= 11 is 12.4. The van der Waals surface area contributed by atoms with Crippen LogP contribution in [0.25, 0.3) is 0 Å². The number of nitrogens with zero attached hydrogens (tertiary/aromatic N) is 3. The van der Waals surface area contributed by atoms with Crippen molar-refractivity contribution in [3.05, 3.63) is 94.5 Å². The third-order valence-corrected chi connectivity index (χ3v) is 8.07. The van der Waals surface area contributed by atoms with Crippen molar-refractivity contribution in [3.63, 3.8) is 0 Å². The monoisotopic (exact) mass is 517 g/mol. The minimum absolute atomic E-state index is 0.0847. The molecule has 1 saturated heterocycles. The Labute approximate surface area is 210 Å². The van der Waals surface area contributed by atoms with E-state index < -0.39 is 10.0 Å². The average Bonchev–Trinajstić information content (AvgIpc) is 2.84. The number of hydrogen-bond donors (Lipinski definition) is 0. The van der Waals surface area contributed by atoms with Gasteiger partial charge in [-0.1, -0.05) is 71.7 Å². The number of piperazine rings is 1. The fraction of sp³-hybridized carbons (Fsp3) is 0.240. The van der Waals surface area contributed by atoms with E-state index >= 15 is 0 Å². The zero-order valence-corrected chi connectivity index (χ0v) is 20.8. The molecule has 4 rings (SSSR count). The number of carbonyl (C=O) groups excluding carboxylic acids is 1. The smallest absolute Gasteiger partial charge is 0.264 e. The molecule has 0 saturated carbocycles. The predicted molar refractivity (Wildman–Crippen MR) is 136 cm³/mol. The molecule has 6 nitrogen and oxygen atoms in total. The number of anilines is 1. The Bertz CT molecular complexity index is 1230.